The summed E-state index contributed by atoms with van der Waals surface area (Å²) in [6.07, 6.45) is 1.25. The lowest BCUT2D eigenvalue weighted by Crippen LogP contribution is -2.10. The van der Waals surface area contributed by atoms with E-state index in [0.717, 1.165) is 0 Å². The van der Waals surface area contributed by atoms with Crippen molar-refractivity contribution in [1.82, 2.24) is 6.15 Å². The van der Waals surface area contributed by atoms with Gasteiger partial charge in [0.25, 0.3) is 0 Å². The molecule has 9 heavy (non-hydrogen) atoms. The second-order valence-corrected chi connectivity index (χ2v) is 0.727. The molecule has 6 heteroatoms. The molecule has 0 aliphatic rings. The first-order chi connectivity index (χ1) is 3.68. The number of nitriles is 1. The van der Waals surface area contributed by atoms with Crippen LogP contribution in [0, 0.1) is 11.5 Å². The highest BCUT2D eigenvalue weighted by Crippen LogP contribution is 1.43. The Labute approximate surface area is 52.6 Å². The molecule has 0 bridgehead atoms. The fraction of sp³-hybridized carbons (Fsp3) is 0.333. The molecule has 0 aliphatic carbocycles. The lowest BCUT2D eigenvalue weighted by Gasteiger charge is -1.73. The van der Waals surface area contributed by atoms with Gasteiger partial charge in [-0.05, 0) is 0 Å². The Bertz CT molecular complexity index is 96.5. The summed E-state index contributed by atoms with van der Waals surface area (Å²) in [6.45, 7) is -0.278. The summed E-state index contributed by atoms with van der Waals surface area (Å²) in [6, 6.07) is 0. The Balaban J connectivity index is -0.0000000800. The van der Waals surface area contributed by atoms with E-state index in [1.54, 1.807) is 0 Å². The molecule has 0 fully saturated rings. The van der Waals surface area contributed by atoms with Crippen molar-refractivity contribution in [2.75, 3.05) is 6.54 Å². The van der Waals surface area contributed by atoms with Gasteiger partial charge in [-0.15, -0.1) is 0 Å². The van der Waals surface area contributed by atoms with Crippen LogP contribution in [0.15, 0.2) is 0 Å². The highest BCUT2D eigenvalue weighted by atomic mass is 16.4. The van der Waals surface area contributed by atoms with Crippen molar-refractivity contribution in [1.29, 1.82) is 5.26 Å². The van der Waals surface area contributed by atoms with Crippen LogP contribution in [0.1, 0.15) is 0 Å². The number of aliphatic carboxylic acids is 1. The Kier molecular flexibility index (Phi) is 27.7. The maximum Gasteiger partial charge on any atom is 0.317 e. The van der Waals surface area contributed by atoms with Crippen LogP contribution in [0.2, 0.25) is 0 Å². The minimum Gasteiger partial charge on any atom is -0.480 e. The van der Waals surface area contributed by atoms with Crippen molar-refractivity contribution in [3.63, 3.8) is 0 Å². The lowest BCUT2D eigenvalue weighted by atomic mass is 10.7. The summed E-state index contributed by atoms with van der Waals surface area (Å²) in [7, 11) is 0. The monoisotopic (exact) mass is 134 g/mol. The Morgan fingerprint density at radius 1 is 1.78 bits per heavy atom. The van der Waals surface area contributed by atoms with E-state index in [4.69, 9.17) is 10.4 Å². The maximum absolute atomic E-state index is 9.24. The second-order valence-electron chi connectivity index (χ2n) is 0.727. The molecular formula is C3H10N4O2. The fourth-order valence-electron chi connectivity index (χ4n) is 0. The molecule has 0 unspecified atom stereocenters. The Morgan fingerprint density at radius 3 is 1.89 bits per heavy atom. The molecule has 0 aromatic carbocycles. The van der Waals surface area contributed by atoms with E-state index in [1.165, 1.54) is 6.19 Å². The van der Waals surface area contributed by atoms with E-state index in [2.05, 4.69) is 11.5 Å². The van der Waals surface area contributed by atoms with Crippen molar-refractivity contribution in [3.8, 4) is 6.19 Å². The van der Waals surface area contributed by atoms with Gasteiger partial charge in [-0.1, -0.05) is 0 Å². The average molecular weight is 134 g/mol. The SMILES string of the molecule is N.N#CN.NCC(=O)O. The Morgan fingerprint density at radius 2 is 1.89 bits per heavy atom. The summed E-state index contributed by atoms with van der Waals surface area (Å²) in [5, 5.41) is 14.7. The van der Waals surface area contributed by atoms with Gasteiger partial charge in [0.2, 0.25) is 0 Å². The molecule has 0 aromatic heterocycles. The fourth-order valence-corrected chi connectivity index (χ4v) is 0. The number of nitrogens with two attached hydrogens (primary N) is 2. The van der Waals surface area contributed by atoms with Crippen LogP contribution in [-0.2, 0) is 4.79 Å². The first-order valence-electron chi connectivity index (χ1n) is 1.70. The quantitative estimate of drug-likeness (QED) is 0.256. The number of carboxylic acid groups (broad SMARTS) is 1. The summed E-state index contributed by atoms with van der Waals surface area (Å²) >= 11 is 0. The van der Waals surface area contributed by atoms with Gasteiger partial charge in [0.05, 0.1) is 6.54 Å². The molecule has 0 amide bonds. The highest BCUT2D eigenvalue weighted by Gasteiger charge is 1.81. The van der Waals surface area contributed by atoms with Crippen LogP contribution in [0.4, 0.5) is 0 Å². The van der Waals surface area contributed by atoms with E-state index < -0.39 is 5.97 Å². The van der Waals surface area contributed by atoms with Crippen molar-refractivity contribution in [2.45, 2.75) is 0 Å². The molecule has 6 nitrogen and oxygen atoms in total. The third-order valence-corrected chi connectivity index (χ3v) is 0.175. The summed E-state index contributed by atoms with van der Waals surface area (Å²) in [4.78, 5) is 9.24. The zero-order valence-electron chi connectivity index (χ0n) is 4.87. The number of hydrogen-bond acceptors (Lipinski definition) is 5. The van der Waals surface area contributed by atoms with Gasteiger partial charge in [-0.25, -0.2) is 0 Å². The van der Waals surface area contributed by atoms with Gasteiger partial charge < -0.3 is 22.7 Å². The van der Waals surface area contributed by atoms with Gasteiger partial charge in [-0.3, -0.25) is 4.79 Å². The first kappa shape index (κ1) is 15.6. The summed E-state index contributed by atoms with van der Waals surface area (Å²) in [5.74, 6) is -0.968. The highest BCUT2D eigenvalue weighted by molar-refractivity contribution is 5.68. The Hall–Kier alpha value is -1.32. The number of carboxylic acids is 1. The molecule has 0 spiro atoms. The van der Waals surface area contributed by atoms with E-state index in [9.17, 15) is 4.79 Å². The van der Waals surface area contributed by atoms with Crippen molar-refractivity contribution >= 4 is 5.97 Å². The molecule has 0 saturated carbocycles. The van der Waals surface area contributed by atoms with Crippen LogP contribution in [0.25, 0.3) is 0 Å². The zero-order chi connectivity index (χ0) is 6.99. The van der Waals surface area contributed by atoms with Gasteiger partial charge in [0.1, 0.15) is 0 Å². The lowest BCUT2D eigenvalue weighted by molar-refractivity contribution is -0.135. The maximum atomic E-state index is 9.24. The predicted molar refractivity (Wildman–Crippen MR) is 31.5 cm³/mol. The van der Waals surface area contributed by atoms with Gasteiger partial charge in [0.15, 0.2) is 6.19 Å². The van der Waals surface area contributed by atoms with E-state index in [-0.39, 0.29) is 12.7 Å². The minimum atomic E-state index is -0.968. The van der Waals surface area contributed by atoms with E-state index in [0.29, 0.717) is 0 Å². The van der Waals surface area contributed by atoms with Gasteiger partial charge >= 0.3 is 5.97 Å². The summed E-state index contributed by atoms with van der Waals surface area (Å²) in [5.41, 5.74) is 8.72. The zero-order valence-corrected chi connectivity index (χ0v) is 4.87. The van der Waals surface area contributed by atoms with Crippen LogP contribution in [-0.4, -0.2) is 17.6 Å². The van der Waals surface area contributed by atoms with Crippen LogP contribution >= 0.6 is 0 Å². The number of rotatable bonds is 1. The van der Waals surface area contributed by atoms with E-state index >= 15 is 0 Å². The molecule has 0 aromatic rings. The molecule has 0 saturated heterocycles. The normalized spacial score (nSPS) is 4.89. The number of hydrogen-bond donors (Lipinski definition) is 4. The molecule has 0 rings (SSSR count). The van der Waals surface area contributed by atoms with Crippen molar-refractivity contribution in [2.24, 2.45) is 11.5 Å². The van der Waals surface area contributed by atoms with Gasteiger partial charge in [0, 0.05) is 0 Å². The largest absolute Gasteiger partial charge is 0.480 e. The van der Waals surface area contributed by atoms with Crippen molar-refractivity contribution < 1.29 is 9.90 Å². The third-order valence-electron chi connectivity index (χ3n) is 0.175. The predicted octanol–water partition coefficient (Wildman–Crippen LogP) is -1.38. The third kappa shape index (κ3) is 316. The molecule has 0 heterocycles. The number of nitrogens with zero attached hydrogens (tertiary/aromatic N) is 1. The van der Waals surface area contributed by atoms with Gasteiger partial charge in [-0.2, -0.15) is 5.26 Å². The molecule has 0 radical (unpaired) electrons. The van der Waals surface area contributed by atoms with Crippen LogP contribution in [0.5, 0.6) is 0 Å². The molecule has 8 N–H and O–H groups in total. The second kappa shape index (κ2) is 15.9. The van der Waals surface area contributed by atoms with Crippen LogP contribution < -0.4 is 17.6 Å². The standard InChI is InChI=1S/C2H5NO2.CH2N2.H3N/c3-1-2(4)5;2-1-3;/h1,3H2,(H,4,5);2H2;1H3. The van der Waals surface area contributed by atoms with Crippen LogP contribution in [0.3, 0.4) is 0 Å². The van der Waals surface area contributed by atoms with Crippen molar-refractivity contribution in [3.05, 3.63) is 0 Å². The molecular weight excluding hydrogens is 124 g/mol. The number of carbonyl (C=O) groups is 1. The molecule has 0 atom stereocenters. The average Bonchev–Trinajstić information content (AvgIpc) is 1.69. The molecule has 54 valence electrons. The summed E-state index contributed by atoms with van der Waals surface area (Å²) < 4.78 is 0. The smallest absolute Gasteiger partial charge is 0.317 e. The minimum absolute atomic E-state index is 0. The topological polar surface area (TPSA) is 148 Å². The molecule has 0 aliphatic heterocycles. The first-order valence-corrected chi connectivity index (χ1v) is 1.70. The van der Waals surface area contributed by atoms with E-state index in [1.807, 2.05) is 0 Å².